The van der Waals surface area contributed by atoms with Gasteiger partial charge in [0.2, 0.25) is 0 Å². The standard InChI is InChI=1S/C14H10O2/c15-9-11-5-7-12(8-6-11)14-4-2-1-3-13(14)10-16/h1-10H. The molecule has 2 rings (SSSR count). The Bertz CT molecular complexity index is 513. The molecule has 0 fully saturated rings. The van der Waals surface area contributed by atoms with Crippen LogP contribution in [0.2, 0.25) is 0 Å². The lowest BCUT2D eigenvalue weighted by Gasteiger charge is -2.04. The van der Waals surface area contributed by atoms with Crippen molar-refractivity contribution in [2.75, 3.05) is 0 Å². The minimum absolute atomic E-state index is 0.632. The highest BCUT2D eigenvalue weighted by atomic mass is 16.1. The van der Waals surface area contributed by atoms with Gasteiger partial charge in [-0.3, -0.25) is 9.59 Å². The molecule has 0 N–H and O–H groups in total. The summed E-state index contributed by atoms with van der Waals surface area (Å²) < 4.78 is 0. The molecule has 0 amide bonds. The van der Waals surface area contributed by atoms with Gasteiger partial charge in [-0.05, 0) is 11.1 Å². The van der Waals surface area contributed by atoms with Crippen molar-refractivity contribution in [1.29, 1.82) is 0 Å². The summed E-state index contributed by atoms with van der Waals surface area (Å²) in [6.45, 7) is 0. The first-order valence-electron chi connectivity index (χ1n) is 4.95. The van der Waals surface area contributed by atoms with E-state index in [9.17, 15) is 9.59 Å². The summed E-state index contributed by atoms with van der Waals surface area (Å²) in [6.07, 6.45) is 1.64. The molecule has 0 heterocycles. The normalized spacial score (nSPS) is 9.75. The molecule has 0 saturated carbocycles. The fraction of sp³-hybridized carbons (Fsp3) is 0. The van der Waals surface area contributed by atoms with Crippen LogP contribution in [0.1, 0.15) is 20.7 Å². The van der Waals surface area contributed by atoms with Gasteiger partial charge in [0.25, 0.3) is 0 Å². The van der Waals surface area contributed by atoms with Crippen LogP contribution >= 0.6 is 0 Å². The van der Waals surface area contributed by atoms with Crippen LogP contribution in [-0.2, 0) is 0 Å². The molecule has 0 bridgehead atoms. The van der Waals surface area contributed by atoms with Gasteiger partial charge in [0, 0.05) is 11.1 Å². The largest absolute Gasteiger partial charge is 0.298 e. The van der Waals surface area contributed by atoms with Crippen LogP contribution in [0.3, 0.4) is 0 Å². The maximum absolute atomic E-state index is 10.9. The second-order valence-electron chi connectivity index (χ2n) is 3.44. The molecule has 2 heteroatoms. The molecule has 0 aromatic heterocycles. The van der Waals surface area contributed by atoms with Crippen LogP contribution in [0.25, 0.3) is 11.1 Å². The van der Waals surface area contributed by atoms with Gasteiger partial charge in [0.05, 0.1) is 0 Å². The molecule has 2 nitrogen and oxygen atoms in total. The fourth-order valence-electron chi connectivity index (χ4n) is 1.60. The molecular weight excluding hydrogens is 200 g/mol. The predicted octanol–water partition coefficient (Wildman–Crippen LogP) is 2.98. The summed E-state index contributed by atoms with van der Waals surface area (Å²) in [4.78, 5) is 21.4. The Morgan fingerprint density at radius 2 is 1.44 bits per heavy atom. The average Bonchev–Trinajstić information content (AvgIpc) is 2.39. The van der Waals surface area contributed by atoms with Gasteiger partial charge >= 0.3 is 0 Å². The molecule has 0 unspecified atom stereocenters. The zero-order valence-corrected chi connectivity index (χ0v) is 8.59. The van der Waals surface area contributed by atoms with Crippen molar-refractivity contribution in [3.8, 4) is 11.1 Å². The van der Waals surface area contributed by atoms with Crippen molar-refractivity contribution in [2.45, 2.75) is 0 Å². The van der Waals surface area contributed by atoms with Crippen LogP contribution in [0.5, 0.6) is 0 Å². The van der Waals surface area contributed by atoms with Crippen LogP contribution in [-0.4, -0.2) is 12.6 Å². The molecule has 0 aliphatic heterocycles. The molecule has 0 saturated heterocycles. The fourth-order valence-corrected chi connectivity index (χ4v) is 1.60. The molecular formula is C14H10O2. The third-order valence-corrected chi connectivity index (χ3v) is 2.45. The van der Waals surface area contributed by atoms with Gasteiger partial charge in [0.15, 0.2) is 6.29 Å². The summed E-state index contributed by atoms with van der Waals surface area (Å²) in [5.74, 6) is 0. The molecule has 78 valence electrons. The quantitative estimate of drug-likeness (QED) is 0.730. The summed E-state index contributed by atoms with van der Waals surface area (Å²) in [5, 5.41) is 0. The number of rotatable bonds is 3. The van der Waals surface area contributed by atoms with Gasteiger partial charge in [0.1, 0.15) is 6.29 Å². The maximum atomic E-state index is 10.9. The Hall–Kier alpha value is -2.22. The first kappa shape index (κ1) is 10.3. The van der Waals surface area contributed by atoms with Crippen molar-refractivity contribution in [3.05, 3.63) is 59.7 Å². The van der Waals surface area contributed by atoms with E-state index in [1.165, 1.54) is 0 Å². The second-order valence-corrected chi connectivity index (χ2v) is 3.44. The Balaban J connectivity index is 2.49. The van der Waals surface area contributed by atoms with Crippen molar-refractivity contribution in [2.24, 2.45) is 0 Å². The highest BCUT2D eigenvalue weighted by molar-refractivity contribution is 5.88. The number of carbonyl (C=O) groups excluding carboxylic acids is 2. The molecule has 0 atom stereocenters. The lowest BCUT2D eigenvalue weighted by atomic mass is 10.00. The SMILES string of the molecule is O=Cc1ccc(-c2ccccc2C=O)cc1. The predicted molar refractivity (Wildman–Crippen MR) is 62.7 cm³/mol. The van der Waals surface area contributed by atoms with E-state index in [4.69, 9.17) is 0 Å². The molecule has 2 aromatic carbocycles. The number of aldehydes is 2. The molecule has 0 radical (unpaired) electrons. The van der Waals surface area contributed by atoms with Gasteiger partial charge in [-0.15, -0.1) is 0 Å². The second kappa shape index (κ2) is 4.53. The molecule has 0 spiro atoms. The van der Waals surface area contributed by atoms with Gasteiger partial charge in [-0.25, -0.2) is 0 Å². The van der Waals surface area contributed by atoms with Gasteiger partial charge < -0.3 is 0 Å². The Morgan fingerprint density at radius 1 is 0.750 bits per heavy atom. The Kier molecular flexibility index (Phi) is 2.92. The van der Waals surface area contributed by atoms with E-state index in [1.807, 2.05) is 30.3 Å². The summed E-state index contributed by atoms with van der Waals surface area (Å²) in [6, 6.07) is 14.5. The van der Waals surface area contributed by atoms with Crippen molar-refractivity contribution < 1.29 is 9.59 Å². The number of hydrogen-bond acceptors (Lipinski definition) is 2. The maximum Gasteiger partial charge on any atom is 0.150 e. The summed E-state index contributed by atoms with van der Waals surface area (Å²) in [5.41, 5.74) is 3.11. The minimum Gasteiger partial charge on any atom is -0.298 e. The lowest BCUT2D eigenvalue weighted by molar-refractivity contribution is 0.111. The highest BCUT2D eigenvalue weighted by Crippen LogP contribution is 2.22. The zero-order valence-electron chi connectivity index (χ0n) is 8.59. The van der Waals surface area contributed by atoms with Crippen molar-refractivity contribution in [3.63, 3.8) is 0 Å². The molecule has 16 heavy (non-hydrogen) atoms. The number of carbonyl (C=O) groups is 2. The third-order valence-electron chi connectivity index (χ3n) is 2.45. The Morgan fingerprint density at radius 3 is 2.06 bits per heavy atom. The van der Waals surface area contributed by atoms with E-state index in [1.54, 1.807) is 18.2 Å². The van der Waals surface area contributed by atoms with Crippen LogP contribution in [0, 0.1) is 0 Å². The monoisotopic (exact) mass is 210 g/mol. The number of hydrogen-bond donors (Lipinski definition) is 0. The first-order valence-corrected chi connectivity index (χ1v) is 4.95. The molecule has 0 aliphatic carbocycles. The average molecular weight is 210 g/mol. The number of benzene rings is 2. The summed E-state index contributed by atoms with van der Waals surface area (Å²) in [7, 11) is 0. The van der Waals surface area contributed by atoms with Crippen LogP contribution < -0.4 is 0 Å². The van der Waals surface area contributed by atoms with E-state index in [0.29, 0.717) is 11.1 Å². The summed E-state index contributed by atoms with van der Waals surface area (Å²) >= 11 is 0. The van der Waals surface area contributed by atoms with E-state index in [-0.39, 0.29) is 0 Å². The minimum atomic E-state index is 0.632. The molecule has 2 aromatic rings. The van der Waals surface area contributed by atoms with E-state index >= 15 is 0 Å². The topological polar surface area (TPSA) is 34.1 Å². The zero-order chi connectivity index (χ0) is 11.4. The van der Waals surface area contributed by atoms with Crippen molar-refractivity contribution >= 4 is 12.6 Å². The smallest absolute Gasteiger partial charge is 0.150 e. The van der Waals surface area contributed by atoms with E-state index in [2.05, 4.69) is 0 Å². The van der Waals surface area contributed by atoms with E-state index < -0.39 is 0 Å². The van der Waals surface area contributed by atoms with Crippen molar-refractivity contribution in [1.82, 2.24) is 0 Å². The third kappa shape index (κ3) is 1.91. The Labute approximate surface area is 93.5 Å². The lowest BCUT2D eigenvalue weighted by Crippen LogP contribution is -1.87. The molecule has 0 aliphatic rings. The van der Waals surface area contributed by atoms with Crippen LogP contribution in [0.4, 0.5) is 0 Å². The highest BCUT2D eigenvalue weighted by Gasteiger charge is 2.02. The van der Waals surface area contributed by atoms with E-state index in [0.717, 1.165) is 23.7 Å². The van der Waals surface area contributed by atoms with Crippen LogP contribution in [0.15, 0.2) is 48.5 Å². The first-order chi connectivity index (χ1) is 7.85. The van der Waals surface area contributed by atoms with Gasteiger partial charge in [-0.1, -0.05) is 48.5 Å². The van der Waals surface area contributed by atoms with Gasteiger partial charge in [-0.2, -0.15) is 0 Å².